The number of carbonyl (C=O) groups excluding carboxylic acids is 4. The van der Waals surface area contributed by atoms with Crippen LogP contribution in [0.3, 0.4) is 0 Å². The molecule has 2 atom stereocenters. The van der Waals surface area contributed by atoms with E-state index in [1.807, 2.05) is 12.2 Å². The quantitative estimate of drug-likeness (QED) is 0.604. The molecule has 4 amide bonds. The Morgan fingerprint density at radius 3 is 2.37 bits per heavy atom. The molecule has 8 heteroatoms. The van der Waals surface area contributed by atoms with Crippen LogP contribution in [0, 0.1) is 11.8 Å². The molecule has 1 fully saturated rings. The number of nitrogens with two attached hydrogens (primary N) is 1. The fraction of sp³-hybridized carbons (Fsp3) is 0.474. The van der Waals surface area contributed by atoms with Gasteiger partial charge in [-0.2, -0.15) is 0 Å². The maximum absolute atomic E-state index is 12.5. The number of hydrogen-bond acceptors (Lipinski definition) is 5. The lowest BCUT2D eigenvalue weighted by molar-refractivity contribution is -0.142. The van der Waals surface area contributed by atoms with E-state index < -0.39 is 11.8 Å². The first-order valence-corrected chi connectivity index (χ1v) is 10.0. The molecule has 1 aliphatic heterocycles. The number of primary amides is 1. The summed E-state index contributed by atoms with van der Waals surface area (Å²) >= 11 is 1.37. The highest BCUT2D eigenvalue weighted by molar-refractivity contribution is 7.17. The Kier molecular flexibility index (Phi) is 4.59. The number of likely N-dealkylation sites (tertiary alicyclic amines) is 1. The lowest BCUT2D eigenvalue weighted by Gasteiger charge is -2.14. The van der Waals surface area contributed by atoms with E-state index in [1.54, 1.807) is 0 Å². The summed E-state index contributed by atoms with van der Waals surface area (Å²) in [5.41, 5.74) is 6.84. The number of nitrogens with one attached hydrogen (secondary N) is 1. The van der Waals surface area contributed by atoms with Crippen LogP contribution in [0.1, 0.15) is 46.5 Å². The van der Waals surface area contributed by atoms with Gasteiger partial charge in [0.05, 0.1) is 17.4 Å². The first-order chi connectivity index (χ1) is 13.0. The van der Waals surface area contributed by atoms with E-state index in [4.69, 9.17) is 5.73 Å². The molecule has 0 bridgehead atoms. The van der Waals surface area contributed by atoms with Gasteiger partial charge in [0.2, 0.25) is 17.7 Å². The average molecular weight is 387 g/mol. The minimum atomic E-state index is -0.560. The van der Waals surface area contributed by atoms with Gasteiger partial charge in [0.1, 0.15) is 11.5 Å². The van der Waals surface area contributed by atoms with Crippen molar-refractivity contribution < 1.29 is 19.2 Å². The molecule has 1 aromatic heterocycles. The van der Waals surface area contributed by atoms with Gasteiger partial charge in [0, 0.05) is 4.88 Å². The Morgan fingerprint density at radius 2 is 1.74 bits per heavy atom. The number of allylic oxidation sites excluding steroid dienone is 2. The van der Waals surface area contributed by atoms with Crippen molar-refractivity contribution in [1.82, 2.24) is 4.90 Å². The second kappa shape index (κ2) is 6.92. The summed E-state index contributed by atoms with van der Waals surface area (Å²) < 4.78 is 0. The molecule has 0 radical (unpaired) electrons. The lowest BCUT2D eigenvalue weighted by Crippen LogP contribution is -2.38. The van der Waals surface area contributed by atoms with Gasteiger partial charge in [0.15, 0.2) is 0 Å². The van der Waals surface area contributed by atoms with Gasteiger partial charge in [-0.3, -0.25) is 24.1 Å². The van der Waals surface area contributed by atoms with Crippen molar-refractivity contribution >= 4 is 40.0 Å². The zero-order chi connectivity index (χ0) is 19.1. The molecule has 0 unspecified atom stereocenters. The summed E-state index contributed by atoms with van der Waals surface area (Å²) in [6.07, 6.45) is 8.58. The minimum Gasteiger partial charge on any atom is -0.365 e. The second-order valence-electron chi connectivity index (χ2n) is 7.25. The fourth-order valence-corrected chi connectivity index (χ4v) is 5.56. The lowest BCUT2D eigenvalue weighted by atomic mass is 9.85. The van der Waals surface area contributed by atoms with Crippen molar-refractivity contribution in [3.8, 4) is 0 Å². The summed E-state index contributed by atoms with van der Waals surface area (Å²) in [5.74, 6) is -2.33. The highest BCUT2D eigenvalue weighted by atomic mass is 32.1. The third-order valence-electron chi connectivity index (χ3n) is 5.57. The number of anilines is 1. The Balaban J connectivity index is 1.51. The number of thiophene rings is 1. The number of amides is 4. The summed E-state index contributed by atoms with van der Waals surface area (Å²) in [6.45, 7) is -0.328. The zero-order valence-electron chi connectivity index (χ0n) is 14.8. The molecule has 4 rings (SSSR count). The molecule has 1 saturated heterocycles. The maximum Gasteiger partial charge on any atom is 0.251 e. The van der Waals surface area contributed by atoms with Crippen molar-refractivity contribution in [3.63, 3.8) is 0 Å². The highest BCUT2D eigenvalue weighted by Gasteiger charge is 2.47. The van der Waals surface area contributed by atoms with E-state index in [9.17, 15) is 19.2 Å². The van der Waals surface area contributed by atoms with Crippen LogP contribution in [0.2, 0.25) is 0 Å². The number of hydrogen-bond donors (Lipinski definition) is 2. The molecule has 1 aromatic rings. The van der Waals surface area contributed by atoms with Gasteiger partial charge >= 0.3 is 0 Å². The van der Waals surface area contributed by atoms with E-state index in [-0.39, 0.29) is 30.2 Å². The molecule has 2 aliphatic carbocycles. The SMILES string of the molecule is NC(=O)c1c(NC(=O)CN2C(=O)[C@H]3CC=CC[C@@H]3C2=O)sc2c1CCCC2. The van der Waals surface area contributed by atoms with Crippen LogP contribution in [-0.4, -0.2) is 35.1 Å². The monoisotopic (exact) mass is 387 g/mol. The topological polar surface area (TPSA) is 110 Å². The van der Waals surface area contributed by atoms with Crippen molar-refractivity contribution in [2.75, 3.05) is 11.9 Å². The number of nitrogens with zero attached hydrogens (tertiary/aromatic N) is 1. The van der Waals surface area contributed by atoms with Gasteiger partial charge in [-0.25, -0.2) is 0 Å². The van der Waals surface area contributed by atoms with Crippen LogP contribution in [0.4, 0.5) is 5.00 Å². The first-order valence-electron chi connectivity index (χ1n) is 9.21. The van der Waals surface area contributed by atoms with Gasteiger partial charge in [0.25, 0.3) is 5.91 Å². The highest BCUT2D eigenvalue weighted by Crippen LogP contribution is 2.38. The van der Waals surface area contributed by atoms with Crippen molar-refractivity contribution in [1.29, 1.82) is 0 Å². The number of carbonyl (C=O) groups is 4. The number of fused-ring (bicyclic) bond motifs is 2. The van der Waals surface area contributed by atoms with Crippen LogP contribution in [-0.2, 0) is 27.2 Å². The van der Waals surface area contributed by atoms with E-state index in [0.717, 1.165) is 41.0 Å². The Hall–Kier alpha value is -2.48. The van der Waals surface area contributed by atoms with Crippen LogP contribution in [0.15, 0.2) is 12.2 Å². The third-order valence-corrected chi connectivity index (χ3v) is 6.78. The van der Waals surface area contributed by atoms with E-state index >= 15 is 0 Å². The summed E-state index contributed by atoms with van der Waals surface area (Å²) in [7, 11) is 0. The molecular weight excluding hydrogens is 366 g/mol. The smallest absolute Gasteiger partial charge is 0.251 e. The molecule has 142 valence electrons. The van der Waals surface area contributed by atoms with Gasteiger partial charge in [-0.1, -0.05) is 12.2 Å². The predicted octanol–water partition coefficient (Wildman–Crippen LogP) is 1.62. The number of aryl methyl sites for hydroxylation is 1. The maximum atomic E-state index is 12.5. The first kappa shape index (κ1) is 17.9. The van der Waals surface area contributed by atoms with Crippen LogP contribution < -0.4 is 11.1 Å². The third kappa shape index (κ3) is 3.07. The van der Waals surface area contributed by atoms with Crippen LogP contribution >= 0.6 is 11.3 Å². The fourth-order valence-electron chi connectivity index (χ4n) is 4.25. The Morgan fingerprint density at radius 1 is 1.11 bits per heavy atom. The van der Waals surface area contributed by atoms with Gasteiger partial charge < -0.3 is 11.1 Å². The molecule has 3 aliphatic rings. The van der Waals surface area contributed by atoms with E-state index in [1.165, 1.54) is 11.3 Å². The summed E-state index contributed by atoms with van der Waals surface area (Å²) in [6, 6.07) is 0. The molecule has 3 N–H and O–H groups in total. The molecule has 0 spiro atoms. The normalized spacial score (nSPS) is 23.9. The number of imide groups is 1. The molecule has 0 aromatic carbocycles. The predicted molar refractivity (Wildman–Crippen MR) is 100 cm³/mol. The van der Waals surface area contributed by atoms with Gasteiger partial charge in [-0.05, 0) is 44.1 Å². The molecule has 27 heavy (non-hydrogen) atoms. The Labute approximate surface area is 160 Å². The molecular formula is C19H21N3O4S. The zero-order valence-corrected chi connectivity index (χ0v) is 15.6. The Bertz CT molecular complexity index is 847. The number of rotatable bonds is 4. The van der Waals surface area contributed by atoms with E-state index in [2.05, 4.69) is 5.32 Å². The minimum absolute atomic E-state index is 0.287. The van der Waals surface area contributed by atoms with Crippen molar-refractivity contribution in [3.05, 3.63) is 28.2 Å². The van der Waals surface area contributed by atoms with Crippen molar-refractivity contribution in [2.45, 2.75) is 38.5 Å². The largest absolute Gasteiger partial charge is 0.365 e. The molecule has 2 heterocycles. The molecule has 7 nitrogen and oxygen atoms in total. The van der Waals surface area contributed by atoms with Crippen LogP contribution in [0.25, 0.3) is 0 Å². The van der Waals surface area contributed by atoms with Gasteiger partial charge in [-0.15, -0.1) is 11.3 Å². The van der Waals surface area contributed by atoms with E-state index in [0.29, 0.717) is 23.4 Å². The van der Waals surface area contributed by atoms with Crippen molar-refractivity contribution in [2.24, 2.45) is 17.6 Å². The van der Waals surface area contributed by atoms with Crippen LogP contribution in [0.5, 0.6) is 0 Å². The standard InChI is InChI=1S/C19H21N3O4S/c20-16(24)15-12-7-3-4-8-13(12)27-17(15)21-14(23)9-22-18(25)10-5-1-2-6-11(10)19(22)26/h1-2,10-11H,3-9H2,(H2,20,24)(H,21,23)/t10-,11-/m0/s1. The second-order valence-corrected chi connectivity index (χ2v) is 8.35. The summed E-state index contributed by atoms with van der Waals surface area (Å²) in [4.78, 5) is 51.6. The molecule has 0 saturated carbocycles. The average Bonchev–Trinajstić information content (AvgIpc) is 3.12. The summed E-state index contributed by atoms with van der Waals surface area (Å²) in [5, 5.41) is 3.14.